The molecule has 9 heteroatoms. The fraction of sp³-hybridized carbons (Fsp3) is 0.500. The average Bonchev–Trinajstić information content (AvgIpc) is 3.16. The second kappa shape index (κ2) is 8.02. The molecule has 1 saturated heterocycles. The van der Waals surface area contributed by atoms with Gasteiger partial charge in [-0.3, -0.25) is 4.79 Å². The molecular weight excluding hydrogens is 384 g/mol. The third-order valence-electron chi connectivity index (χ3n) is 4.70. The molecule has 0 saturated carbocycles. The van der Waals surface area contributed by atoms with Gasteiger partial charge < -0.3 is 9.88 Å². The largest absolute Gasteiger partial charge is 0.351 e. The van der Waals surface area contributed by atoms with Crippen LogP contribution < -0.4 is 5.32 Å². The van der Waals surface area contributed by atoms with Crippen LogP contribution >= 0.6 is 11.8 Å². The summed E-state index contributed by atoms with van der Waals surface area (Å²) in [4.78, 5) is 12.4. The summed E-state index contributed by atoms with van der Waals surface area (Å²) in [7, 11) is -1.16. The van der Waals surface area contributed by atoms with Crippen molar-refractivity contribution in [3.8, 4) is 0 Å². The minimum absolute atomic E-state index is 0.0754. The zero-order valence-electron chi connectivity index (χ0n) is 15.7. The first-order chi connectivity index (χ1) is 12.7. The summed E-state index contributed by atoms with van der Waals surface area (Å²) in [5.74, 6) is 0.799. The molecule has 0 spiro atoms. The van der Waals surface area contributed by atoms with Crippen LogP contribution in [0, 0.1) is 6.92 Å². The number of carbonyl (C=O) groups is 1. The van der Waals surface area contributed by atoms with Gasteiger partial charge in [0.25, 0.3) is 0 Å². The minimum atomic E-state index is -2.98. The number of nitrogens with zero attached hydrogens (tertiary/aromatic N) is 3. The van der Waals surface area contributed by atoms with Gasteiger partial charge in [-0.25, -0.2) is 8.42 Å². The van der Waals surface area contributed by atoms with Crippen LogP contribution in [0.15, 0.2) is 29.4 Å². The maximum atomic E-state index is 12.4. The number of aromatic nitrogens is 3. The maximum Gasteiger partial charge on any atom is 0.233 e. The summed E-state index contributed by atoms with van der Waals surface area (Å²) in [6, 6.07) is 8.03. The number of thioether (sulfide) groups is 1. The normalized spacial score (nSPS) is 19.7. The Balaban J connectivity index is 1.58. The molecule has 1 aromatic carbocycles. The Kier molecular flexibility index (Phi) is 5.90. The van der Waals surface area contributed by atoms with Crippen LogP contribution in [0.2, 0.25) is 0 Å². The number of benzene rings is 1. The smallest absolute Gasteiger partial charge is 0.233 e. The summed E-state index contributed by atoms with van der Waals surface area (Å²) >= 11 is 1.32. The second-order valence-electron chi connectivity index (χ2n) is 6.96. The van der Waals surface area contributed by atoms with Gasteiger partial charge in [0.1, 0.15) is 5.82 Å². The van der Waals surface area contributed by atoms with Gasteiger partial charge in [0.2, 0.25) is 5.91 Å². The number of rotatable bonds is 6. The van der Waals surface area contributed by atoms with Crippen molar-refractivity contribution in [2.45, 2.75) is 43.1 Å². The van der Waals surface area contributed by atoms with Crippen molar-refractivity contribution >= 4 is 27.5 Å². The zero-order valence-corrected chi connectivity index (χ0v) is 17.3. The highest BCUT2D eigenvalue weighted by atomic mass is 32.2. The Morgan fingerprint density at radius 1 is 1.33 bits per heavy atom. The van der Waals surface area contributed by atoms with E-state index in [1.807, 2.05) is 45.2 Å². The molecule has 0 aliphatic carbocycles. The topological polar surface area (TPSA) is 94.0 Å². The van der Waals surface area contributed by atoms with Gasteiger partial charge in [0.15, 0.2) is 15.0 Å². The van der Waals surface area contributed by atoms with Gasteiger partial charge in [-0.15, -0.1) is 10.2 Å². The number of hydrogen-bond donors (Lipinski definition) is 1. The van der Waals surface area contributed by atoms with Crippen LogP contribution in [-0.2, 0) is 28.2 Å². The standard InChI is InChI=1S/C18H24N4O3S2/c1-12-4-6-14(7-5-12)10-19-17(23)13(2)26-18-21-20-16(22(18)3)15-8-9-27(24,25)11-15/h4-7,13,15H,8-11H2,1-3H3,(H,19,23)/t13-,15-/m1/s1. The predicted molar refractivity (Wildman–Crippen MR) is 105 cm³/mol. The van der Waals surface area contributed by atoms with Gasteiger partial charge in [0.05, 0.1) is 16.8 Å². The molecule has 27 heavy (non-hydrogen) atoms. The van der Waals surface area contributed by atoms with Crippen LogP contribution in [0.1, 0.15) is 36.2 Å². The first kappa shape index (κ1) is 19.9. The first-order valence-corrected chi connectivity index (χ1v) is 11.5. The molecule has 0 bridgehead atoms. The zero-order chi connectivity index (χ0) is 19.6. The molecule has 7 nitrogen and oxygen atoms in total. The highest BCUT2D eigenvalue weighted by Crippen LogP contribution is 2.30. The van der Waals surface area contributed by atoms with Gasteiger partial charge >= 0.3 is 0 Å². The highest BCUT2D eigenvalue weighted by molar-refractivity contribution is 8.00. The van der Waals surface area contributed by atoms with Crippen molar-refractivity contribution in [3.05, 3.63) is 41.2 Å². The predicted octanol–water partition coefficient (Wildman–Crippen LogP) is 1.82. The molecule has 1 aliphatic rings. The highest BCUT2D eigenvalue weighted by Gasteiger charge is 2.33. The van der Waals surface area contributed by atoms with E-state index in [2.05, 4.69) is 15.5 Å². The molecule has 146 valence electrons. The van der Waals surface area contributed by atoms with Crippen LogP contribution in [0.5, 0.6) is 0 Å². The molecular formula is C18H24N4O3S2. The lowest BCUT2D eigenvalue weighted by Gasteiger charge is -2.12. The molecule has 1 aromatic heterocycles. The van der Waals surface area contributed by atoms with Crippen LogP contribution in [0.25, 0.3) is 0 Å². The number of aryl methyl sites for hydroxylation is 1. The summed E-state index contributed by atoms with van der Waals surface area (Å²) in [6.45, 7) is 4.33. The summed E-state index contributed by atoms with van der Waals surface area (Å²) in [6.07, 6.45) is 0.575. The van der Waals surface area contributed by atoms with E-state index in [9.17, 15) is 13.2 Å². The molecule has 2 atom stereocenters. The van der Waals surface area contributed by atoms with Crippen molar-refractivity contribution in [1.29, 1.82) is 0 Å². The van der Waals surface area contributed by atoms with Gasteiger partial charge in [0, 0.05) is 19.5 Å². The van der Waals surface area contributed by atoms with E-state index >= 15 is 0 Å². The molecule has 0 unspecified atom stereocenters. The number of amides is 1. The average molecular weight is 409 g/mol. The number of nitrogens with one attached hydrogen (secondary N) is 1. The Morgan fingerprint density at radius 3 is 2.67 bits per heavy atom. The third-order valence-corrected chi connectivity index (χ3v) is 7.61. The SMILES string of the molecule is Cc1ccc(CNC(=O)[C@@H](C)Sc2nnc([C@@H]3CCS(=O)(=O)C3)n2C)cc1. The van der Waals surface area contributed by atoms with Gasteiger partial charge in [-0.05, 0) is 25.8 Å². The van der Waals surface area contributed by atoms with E-state index in [-0.39, 0.29) is 28.6 Å². The molecule has 3 rings (SSSR count). The quantitative estimate of drug-likeness (QED) is 0.733. The van der Waals surface area contributed by atoms with Gasteiger partial charge in [-0.2, -0.15) is 0 Å². The van der Waals surface area contributed by atoms with E-state index in [0.717, 1.165) is 5.56 Å². The van der Waals surface area contributed by atoms with E-state index in [1.54, 1.807) is 4.57 Å². The molecule has 1 fully saturated rings. The van der Waals surface area contributed by atoms with Crippen LogP contribution in [0.4, 0.5) is 0 Å². The van der Waals surface area contributed by atoms with Crippen molar-refractivity contribution < 1.29 is 13.2 Å². The molecule has 2 aromatic rings. The Morgan fingerprint density at radius 2 is 2.04 bits per heavy atom. The molecule has 1 amide bonds. The van der Waals surface area contributed by atoms with Crippen molar-refractivity contribution in [2.75, 3.05) is 11.5 Å². The Hall–Kier alpha value is -1.87. The van der Waals surface area contributed by atoms with Crippen molar-refractivity contribution in [3.63, 3.8) is 0 Å². The maximum absolute atomic E-state index is 12.4. The molecule has 2 heterocycles. The third kappa shape index (κ3) is 4.90. The molecule has 1 N–H and O–H groups in total. The van der Waals surface area contributed by atoms with Crippen LogP contribution in [0.3, 0.4) is 0 Å². The molecule has 0 radical (unpaired) electrons. The summed E-state index contributed by atoms with van der Waals surface area (Å²) in [5.41, 5.74) is 2.23. The monoisotopic (exact) mass is 408 g/mol. The number of sulfone groups is 1. The van der Waals surface area contributed by atoms with E-state index in [4.69, 9.17) is 0 Å². The number of hydrogen-bond acceptors (Lipinski definition) is 6. The number of carbonyl (C=O) groups excluding carboxylic acids is 1. The summed E-state index contributed by atoms with van der Waals surface area (Å²) in [5, 5.41) is 11.6. The van der Waals surface area contributed by atoms with E-state index in [1.165, 1.54) is 17.3 Å². The second-order valence-corrected chi connectivity index (χ2v) is 10.5. The van der Waals surface area contributed by atoms with E-state index in [0.29, 0.717) is 23.9 Å². The first-order valence-electron chi connectivity index (χ1n) is 8.85. The lowest BCUT2D eigenvalue weighted by Crippen LogP contribution is -2.30. The lowest BCUT2D eigenvalue weighted by atomic mass is 10.1. The molecule has 1 aliphatic heterocycles. The van der Waals surface area contributed by atoms with Crippen LogP contribution in [-0.4, -0.2) is 45.8 Å². The minimum Gasteiger partial charge on any atom is -0.351 e. The fourth-order valence-corrected chi connectivity index (χ4v) is 5.62. The Bertz CT molecular complexity index is 923. The van der Waals surface area contributed by atoms with Crippen molar-refractivity contribution in [2.24, 2.45) is 7.05 Å². The lowest BCUT2D eigenvalue weighted by molar-refractivity contribution is -0.120. The van der Waals surface area contributed by atoms with Crippen molar-refractivity contribution in [1.82, 2.24) is 20.1 Å². The fourth-order valence-electron chi connectivity index (χ4n) is 3.03. The summed E-state index contributed by atoms with van der Waals surface area (Å²) < 4.78 is 25.2. The van der Waals surface area contributed by atoms with E-state index < -0.39 is 9.84 Å². The van der Waals surface area contributed by atoms with Gasteiger partial charge in [-0.1, -0.05) is 41.6 Å². The Labute approximate surface area is 163 Å².